The molecule has 1 atom stereocenters. The molecule has 1 saturated heterocycles. The highest BCUT2D eigenvalue weighted by molar-refractivity contribution is 7.92. The summed E-state index contributed by atoms with van der Waals surface area (Å²) in [7, 11) is -2.43. The summed E-state index contributed by atoms with van der Waals surface area (Å²) in [5.41, 5.74) is 1.60. The molecule has 0 aliphatic carbocycles. The van der Waals surface area contributed by atoms with Crippen LogP contribution >= 0.6 is 0 Å². The SMILES string of the molecule is CN(c1ccccc1)S(=O)(=O)c1cccc(NC(=O)CN2C(=O)N[C@H](Cc3ccccc3)C2=O)c1. The Morgan fingerprint density at radius 2 is 1.63 bits per heavy atom. The number of rotatable bonds is 8. The van der Waals surface area contributed by atoms with Gasteiger partial charge in [0.05, 0.1) is 10.6 Å². The summed E-state index contributed by atoms with van der Waals surface area (Å²) in [6.45, 7) is -0.489. The minimum Gasteiger partial charge on any atom is -0.325 e. The third kappa shape index (κ3) is 5.33. The third-order valence-corrected chi connectivity index (χ3v) is 7.37. The van der Waals surface area contributed by atoms with E-state index in [0.717, 1.165) is 14.8 Å². The van der Waals surface area contributed by atoms with Crippen LogP contribution in [0.1, 0.15) is 5.56 Å². The summed E-state index contributed by atoms with van der Waals surface area (Å²) in [6, 6.07) is 22.2. The Morgan fingerprint density at radius 3 is 2.31 bits per heavy atom. The van der Waals surface area contributed by atoms with E-state index in [1.807, 2.05) is 30.3 Å². The Bertz CT molecular complexity index is 1350. The molecular weight excluding hydrogens is 468 g/mol. The number of hydrogen-bond acceptors (Lipinski definition) is 5. The minimum absolute atomic E-state index is 0.0143. The van der Waals surface area contributed by atoms with E-state index >= 15 is 0 Å². The number of carbonyl (C=O) groups excluding carboxylic acids is 3. The number of amides is 4. The summed E-state index contributed by atoms with van der Waals surface area (Å²) < 4.78 is 27.2. The normalized spacial score (nSPS) is 15.6. The molecule has 0 bridgehead atoms. The molecule has 0 aromatic heterocycles. The number of urea groups is 1. The van der Waals surface area contributed by atoms with E-state index < -0.39 is 40.5 Å². The van der Waals surface area contributed by atoms with Crippen molar-refractivity contribution in [3.8, 4) is 0 Å². The van der Waals surface area contributed by atoms with E-state index in [0.29, 0.717) is 12.1 Å². The molecule has 1 fully saturated rings. The molecule has 1 aliphatic heterocycles. The fourth-order valence-electron chi connectivity index (χ4n) is 3.73. The second kappa shape index (κ2) is 9.98. The number of imide groups is 1. The molecule has 3 aromatic carbocycles. The molecule has 0 unspecified atom stereocenters. The van der Waals surface area contributed by atoms with Crippen molar-refractivity contribution in [3.63, 3.8) is 0 Å². The molecule has 180 valence electrons. The second-order valence-electron chi connectivity index (χ2n) is 8.00. The van der Waals surface area contributed by atoms with Gasteiger partial charge < -0.3 is 10.6 Å². The zero-order chi connectivity index (χ0) is 25.0. The maximum absolute atomic E-state index is 13.0. The number of anilines is 2. The number of carbonyl (C=O) groups is 3. The standard InChI is InChI=1S/C25H24N4O5S/c1-28(20-12-6-3-7-13-20)35(33,34)21-14-8-11-19(16-21)26-23(30)17-29-24(31)22(27-25(29)32)15-18-9-4-2-5-10-18/h2-14,16,22H,15,17H2,1H3,(H,26,30)(H,27,32)/t22-/m1/s1. The van der Waals surface area contributed by atoms with Crippen LogP contribution in [-0.4, -0.2) is 50.8 Å². The maximum atomic E-state index is 13.0. The van der Waals surface area contributed by atoms with E-state index in [4.69, 9.17) is 0 Å². The average molecular weight is 493 g/mol. The molecule has 35 heavy (non-hydrogen) atoms. The van der Waals surface area contributed by atoms with Crippen LogP contribution in [0.4, 0.5) is 16.2 Å². The Morgan fingerprint density at radius 1 is 0.971 bits per heavy atom. The van der Waals surface area contributed by atoms with Crippen LogP contribution in [0.25, 0.3) is 0 Å². The highest BCUT2D eigenvalue weighted by atomic mass is 32.2. The topological polar surface area (TPSA) is 116 Å². The van der Waals surface area contributed by atoms with Gasteiger partial charge in [-0.2, -0.15) is 0 Å². The smallest absolute Gasteiger partial charge is 0.325 e. The summed E-state index contributed by atoms with van der Waals surface area (Å²) in [6.07, 6.45) is 0.318. The molecule has 2 N–H and O–H groups in total. The lowest BCUT2D eigenvalue weighted by molar-refractivity contribution is -0.130. The lowest BCUT2D eigenvalue weighted by Gasteiger charge is -2.20. The van der Waals surface area contributed by atoms with Crippen LogP contribution in [-0.2, 0) is 26.0 Å². The van der Waals surface area contributed by atoms with Crippen molar-refractivity contribution in [1.29, 1.82) is 0 Å². The van der Waals surface area contributed by atoms with Gasteiger partial charge in [0.2, 0.25) is 5.91 Å². The highest BCUT2D eigenvalue weighted by Crippen LogP contribution is 2.23. The fourth-order valence-corrected chi connectivity index (χ4v) is 4.97. The van der Waals surface area contributed by atoms with E-state index in [-0.39, 0.29) is 10.6 Å². The number of nitrogens with zero attached hydrogens (tertiary/aromatic N) is 2. The maximum Gasteiger partial charge on any atom is 0.325 e. The van der Waals surface area contributed by atoms with Gasteiger partial charge in [-0.15, -0.1) is 0 Å². The van der Waals surface area contributed by atoms with E-state index in [2.05, 4.69) is 10.6 Å². The van der Waals surface area contributed by atoms with Crippen LogP contribution in [0.3, 0.4) is 0 Å². The number of hydrogen-bond donors (Lipinski definition) is 2. The molecule has 9 nitrogen and oxygen atoms in total. The highest BCUT2D eigenvalue weighted by Gasteiger charge is 2.38. The Balaban J connectivity index is 1.42. The van der Waals surface area contributed by atoms with Crippen molar-refractivity contribution in [3.05, 3.63) is 90.5 Å². The molecule has 10 heteroatoms. The van der Waals surface area contributed by atoms with Crippen molar-refractivity contribution < 1.29 is 22.8 Å². The Hall–Kier alpha value is -4.18. The number of benzene rings is 3. The van der Waals surface area contributed by atoms with Gasteiger partial charge in [-0.3, -0.25) is 18.8 Å². The molecule has 1 aliphatic rings. The van der Waals surface area contributed by atoms with Crippen LogP contribution in [0, 0.1) is 0 Å². The largest absolute Gasteiger partial charge is 0.325 e. The molecule has 0 spiro atoms. The van der Waals surface area contributed by atoms with Crippen LogP contribution in [0.5, 0.6) is 0 Å². The third-order valence-electron chi connectivity index (χ3n) is 5.59. The van der Waals surface area contributed by atoms with Gasteiger partial charge in [0.25, 0.3) is 15.9 Å². The van der Waals surface area contributed by atoms with Crippen LogP contribution in [0.2, 0.25) is 0 Å². The van der Waals surface area contributed by atoms with Crippen molar-refractivity contribution in [2.75, 3.05) is 23.2 Å². The molecule has 1 heterocycles. The number of nitrogens with one attached hydrogen (secondary N) is 2. The summed E-state index contributed by atoms with van der Waals surface area (Å²) in [4.78, 5) is 38.4. The number of sulfonamides is 1. The quantitative estimate of drug-likeness (QED) is 0.469. The predicted molar refractivity (Wildman–Crippen MR) is 131 cm³/mol. The van der Waals surface area contributed by atoms with Crippen molar-refractivity contribution >= 4 is 39.2 Å². The van der Waals surface area contributed by atoms with E-state index in [9.17, 15) is 22.8 Å². The second-order valence-corrected chi connectivity index (χ2v) is 9.97. The number of para-hydroxylation sites is 1. The van der Waals surface area contributed by atoms with Gasteiger partial charge in [-0.1, -0.05) is 54.6 Å². The molecule has 0 radical (unpaired) electrons. The van der Waals surface area contributed by atoms with Gasteiger partial charge in [-0.05, 0) is 35.9 Å². The van der Waals surface area contributed by atoms with E-state index in [1.54, 1.807) is 30.3 Å². The lowest BCUT2D eigenvalue weighted by atomic mass is 10.1. The summed E-state index contributed by atoms with van der Waals surface area (Å²) >= 11 is 0. The first kappa shape index (κ1) is 24.0. The van der Waals surface area contributed by atoms with Gasteiger partial charge in [-0.25, -0.2) is 13.2 Å². The van der Waals surface area contributed by atoms with Crippen LogP contribution in [0.15, 0.2) is 89.8 Å². The summed E-state index contributed by atoms with van der Waals surface area (Å²) in [5, 5.41) is 5.17. The van der Waals surface area contributed by atoms with Gasteiger partial charge >= 0.3 is 6.03 Å². The fraction of sp³-hybridized carbons (Fsp3) is 0.160. The molecule has 3 aromatic rings. The van der Waals surface area contributed by atoms with Crippen LogP contribution < -0.4 is 14.9 Å². The van der Waals surface area contributed by atoms with Gasteiger partial charge in [0, 0.05) is 19.2 Å². The molecule has 4 rings (SSSR count). The zero-order valence-corrected chi connectivity index (χ0v) is 19.7. The zero-order valence-electron chi connectivity index (χ0n) is 18.9. The molecule has 4 amide bonds. The molecule has 0 saturated carbocycles. The van der Waals surface area contributed by atoms with Crippen molar-refractivity contribution in [2.24, 2.45) is 0 Å². The van der Waals surface area contributed by atoms with E-state index in [1.165, 1.54) is 31.3 Å². The van der Waals surface area contributed by atoms with Crippen molar-refractivity contribution in [1.82, 2.24) is 10.2 Å². The Kier molecular flexibility index (Phi) is 6.83. The van der Waals surface area contributed by atoms with Crippen molar-refractivity contribution in [2.45, 2.75) is 17.4 Å². The summed E-state index contributed by atoms with van der Waals surface area (Å²) in [5.74, 6) is -1.12. The molecular formula is C25H24N4O5S. The lowest BCUT2D eigenvalue weighted by Crippen LogP contribution is -2.38. The Labute approximate surface area is 203 Å². The van der Waals surface area contributed by atoms with Gasteiger partial charge in [0.15, 0.2) is 0 Å². The first-order chi connectivity index (χ1) is 16.8. The first-order valence-corrected chi connectivity index (χ1v) is 12.3. The monoisotopic (exact) mass is 492 g/mol. The predicted octanol–water partition coefficient (Wildman–Crippen LogP) is 2.61. The average Bonchev–Trinajstić information content (AvgIpc) is 3.12. The van der Waals surface area contributed by atoms with Gasteiger partial charge in [0.1, 0.15) is 12.6 Å². The minimum atomic E-state index is -3.87. The first-order valence-electron chi connectivity index (χ1n) is 10.9.